The van der Waals surface area contributed by atoms with Crippen molar-refractivity contribution in [3.8, 4) is 0 Å². The largest absolute Gasteiger partial charge is 0.271 e. The molecule has 0 unspecified atom stereocenters. The Morgan fingerprint density at radius 3 is 1.17 bits per heavy atom. The van der Waals surface area contributed by atoms with E-state index in [2.05, 4.69) is 71.6 Å². The minimum atomic E-state index is -1.11. The normalized spacial score (nSPS) is 18.5. The molecule has 0 aromatic carbocycles. The van der Waals surface area contributed by atoms with E-state index in [4.69, 9.17) is 0 Å². The zero-order valence-electron chi connectivity index (χ0n) is 14.0. The van der Waals surface area contributed by atoms with Crippen LogP contribution in [-0.4, -0.2) is 32.9 Å². The Hall–Kier alpha value is 0.564. The fraction of sp³-hybridized carbons (Fsp3) is 0.857. The van der Waals surface area contributed by atoms with Gasteiger partial charge in [0.1, 0.15) is 0 Å². The second kappa shape index (κ2) is 5.16. The lowest BCUT2D eigenvalue weighted by Gasteiger charge is -2.34. The summed E-state index contributed by atoms with van der Waals surface area (Å²) in [5.41, 5.74) is 0. The van der Waals surface area contributed by atoms with Crippen molar-refractivity contribution in [2.24, 2.45) is 0 Å². The lowest BCUT2D eigenvalue weighted by Crippen LogP contribution is -2.32. The summed E-state index contributed by atoms with van der Waals surface area (Å²) in [6, 6.07) is 1.35. The maximum atomic E-state index is 2.80. The molecule has 0 N–H and O–H groups in total. The summed E-state index contributed by atoms with van der Waals surface area (Å²) in [4.78, 5) is 3.89. The average Bonchev–Trinajstić information content (AvgIpc) is 2.74. The van der Waals surface area contributed by atoms with Crippen LogP contribution in [0.2, 0.25) is 39.3 Å². The summed E-state index contributed by atoms with van der Waals surface area (Å²) < 4.78 is 2.80. The van der Waals surface area contributed by atoms with E-state index >= 15 is 0 Å². The minimum Gasteiger partial charge on any atom is -0.271 e. The zero-order chi connectivity index (χ0) is 14.5. The van der Waals surface area contributed by atoms with Gasteiger partial charge in [0, 0.05) is 20.2 Å². The van der Waals surface area contributed by atoms with Crippen LogP contribution in [0.3, 0.4) is 0 Å². The third-order valence-corrected chi connectivity index (χ3v) is 15.1. The molecule has 0 bridgehead atoms. The summed E-state index contributed by atoms with van der Waals surface area (Å²) in [6.45, 7) is 24.6. The van der Waals surface area contributed by atoms with Gasteiger partial charge in [-0.3, -0.25) is 4.67 Å². The highest BCUT2D eigenvalue weighted by atomic mass is 31.1. The maximum Gasteiger partial charge on any atom is 0.0802 e. The van der Waals surface area contributed by atoms with Gasteiger partial charge < -0.3 is 0 Å². The molecule has 106 valence electrons. The minimum absolute atomic E-state index is 0.00566. The van der Waals surface area contributed by atoms with Crippen molar-refractivity contribution in [2.45, 2.75) is 79.1 Å². The van der Waals surface area contributed by atoms with Gasteiger partial charge in [0.2, 0.25) is 0 Å². The topological polar surface area (TPSA) is 3.24 Å². The number of rotatable bonds is 5. The first kappa shape index (κ1) is 16.6. The molecule has 0 aromatic heterocycles. The molecule has 0 aromatic rings. The molecule has 18 heavy (non-hydrogen) atoms. The molecule has 4 heteroatoms. The number of nitrogens with zero attached hydrogens (tertiary/aromatic N) is 1. The fourth-order valence-corrected chi connectivity index (χ4v) is 17.4. The van der Waals surface area contributed by atoms with E-state index < -0.39 is 16.1 Å². The molecule has 0 fully saturated rings. The van der Waals surface area contributed by atoms with Crippen LogP contribution < -0.4 is 0 Å². The summed E-state index contributed by atoms with van der Waals surface area (Å²) in [7, 11) is -2.23. The van der Waals surface area contributed by atoms with E-state index in [0.29, 0.717) is 12.1 Å². The van der Waals surface area contributed by atoms with Gasteiger partial charge in [-0.05, 0) is 37.6 Å². The van der Waals surface area contributed by atoms with Gasteiger partial charge in [-0.2, -0.15) is 0 Å². The highest BCUT2D eigenvalue weighted by Gasteiger charge is 2.52. The van der Waals surface area contributed by atoms with Crippen molar-refractivity contribution in [3.05, 3.63) is 9.87 Å². The maximum absolute atomic E-state index is 2.80. The SMILES string of the molecule is CC(C)N(C(C)C)P1C([Si](C)(C)C)=C1[Si](C)(C)C. The highest BCUT2D eigenvalue weighted by Crippen LogP contribution is 2.77. The van der Waals surface area contributed by atoms with Gasteiger partial charge >= 0.3 is 0 Å². The summed E-state index contributed by atoms with van der Waals surface area (Å²) in [5, 5.41) is 0. The van der Waals surface area contributed by atoms with E-state index in [0.717, 1.165) is 0 Å². The van der Waals surface area contributed by atoms with Crippen LogP contribution in [-0.2, 0) is 0 Å². The third-order valence-electron chi connectivity index (χ3n) is 3.31. The Morgan fingerprint density at radius 1 is 0.722 bits per heavy atom. The van der Waals surface area contributed by atoms with Gasteiger partial charge in [0.15, 0.2) is 0 Å². The Labute approximate surface area is 118 Å². The van der Waals surface area contributed by atoms with Crippen molar-refractivity contribution < 1.29 is 0 Å². The average molecular weight is 302 g/mol. The van der Waals surface area contributed by atoms with E-state index in [1.807, 2.05) is 9.87 Å². The fourth-order valence-electron chi connectivity index (χ4n) is 2.79. The van der Waals surface area contributed by atoms with Gasteiger partial charge in [0.25, 0.3) is 0 Å². The standard InChI is InChI=1S/C14H32NPSi2/c1-11(2)15(12(3)4)16-13(17(5,6)7)14(16)18(8,9)10/h11-12H,1-10H3. The first-order valence-electron chi connectivity index (χ1n) is 7.22. The molecule has 1 aliphatic rings. The van der Waals surface area contributed by atoms with Crippen molar-refractivity contribution in [1.82, 2.24) is 4.67 Å². The molecule has 0 aliphatic carbocycles. The molecule has 1 heterocycles. The Bertz CT molecular complexity index is 316. The van der Waals surface area contributed by atoms with Gasteiger partial charge in [-0.1, -0.05) is 39.3 Å². The summed E-state index contributed by atoms with van der Waals surface area (Å²) in [6.07, 6.45) is 0. The monoisotopic (exact) mass is 301 g/mol. The first-order chi connectivity index (χ1) is 7.89. The number of hydrogen-bond donors (Lipinski definition) is 0. The van der Waals surface area contributed by atoms with E-state index in [-0.39, 0.29) is 8.07 Å². The van der Waals surface area contributed by atoms with E-state index in [1.54, 1.807) is 0 Å². The van der Waals surface area contributed by atoms with Gasteiger partial charge in [0.05, 0.1) is 16.1 Å². The molecule has 0 atom stereocenters. The van der Waals surface area contributed by atoms with Crippen LogP contribution in [0.5, 0.6) is 0 Å². The molecule has 1 rings (SSSR count). The quantitative estimate of drug-likeness (QED) is 0.480. The van der Waals surface area contributed by atoms with Crippen molar-refractivity contribution in [3.63, 3.8) is 0 Å². The first-order valence-corrected chi connectivity index (χ1v) is 15.5. The lowest BCUT2D eigenvalue weighted by atomic mass is 10.3. The smallest absolute Gasteiger partial charge is 0.0802 e. The Kier molecular flexibility index (Phi) is 4.76. The van der Waals surface area contributed by atoms with Crippen LogP contribution in [0.25, 0.3) is 0 Å². The second-order valence-corrected chi connectivity index (χ2v) is 20.9. The van der Waals surface area contributed by atoms with Crippen molar-refractivity contribution >= 4 is 24.2 Å². The Morgan fingerprint density at radius 2 is 1.00 bits per heavy atom. The molecular formula is C14H32NPSi2. The molecule has 1 aliphatic heterocycles. The highest BCUT2D eigenvalue weighted by molar-refractivity contribution is 7.80. The van der Waals surface area contributed by atoms with Crippen LogP contribution in [0.15, 0.2) is 9.87 Å². The third kappa shape index (κ3) is 3.36. The molecule has 0 saturated carbocycles. The Balaban J connectivity index is 3.08. The molecule has 0 spiro atoms. The van der Waals surface area contributed by atoms with E-state index in [9.17, 15) is 0 Å². The zero-order valence-corrected chi connectivity index (χ0v) is 16.9. The van der Waals surface area contributed by atoms with Gasteiger partial charge in [-0.25, -0.2) is 0 Å². The molecular weight excluding hydrogens is 269 g/mol. The van der Waals surface area contributed by atoms with E-state index in [1.165, 1.54) is 0 Å². The lowest BCUT2D eigenvalue weighted by molar-refractivity contribution is 0.328. The second-order valence-electron chi connectivity index (χ2n) is 8.08. The number of hydrogen-bond acceptors (Lipinski definition) is 1. The van der Waals surface area contributed by atoms with Crippen LogP contribution >= 0.6 is 8.07 Å². The van der Waals surface area contributed by atoms with Crippen LogP contribution in [0, 0.1) is 0 Å². The molecule has 0 saturated heterocycles. The molecule has 0 amide bonds. The van der Waals surface area contributed by atoms with Crippen molar-refractivity contribution in [2.75, 3.05) is 0 Å². The predicted octanol–water partition coefficient (Wildman–Crippen LogP) is 5.48. The molecule has 1 nitrogen and oxygen atoms in total. The van der Waals surface area contributed by atoms with Crippen LogP contribution in [0.4, 0.5) is 0 Å². The predicted molar refractivity (Wildman–Crippen MR) is 92.7 cm³/mol. The van der Waals surface area contributed by atoms with Crippen LogP contribution in [0.1, 0.15) is 27.7 Å². The van der Waals surface area contributed by atoms with Gasteiger partial charge in [-0.15, -0.1) is 0 Å². The summed E-state index contributed by atoms with van der Waals surface area (Å²) >= 11 is 0. The molecule has 0 radical (unpaired) electrons. The van der Waals surface area contributed by atoms with Crippen molar-refractivity contribution in [1.29, 1.82) is 0 Å². The summed E-state index contributed by atoms with van der Waals surface area (Å²) in [5.74, 6) is 0.